The van der Waals surface area contributed by atoms with Crippen LogP contribution >= 0.6 is 23.2 Å². The van der Waals surface area contributed by atoms with E-state index in [0.717, 1.165) is 4.57 Å². The molecule has 0 aliphatic carbocycles. The molecule has 2 heterocycles. The number of hydrogen-bond acceptors (Lipinski definition) is 7. The maximum Gasteiger partial charge on any atom is 0.333 e. The van der Waals surface area contributed by atoms with Crippen LogP contribution in [0.5, 0.6) is 5.75 Å². The van der Waals surface area contributed by atoms with E-state index in [2.05, 4.69) is 20.3 Å². The molecule has 158 valence electrons. The van der Waals surface area contributed by atoms with Crippen molar-refractivity contribution in [2.24, 2.45) is 0 Å². The van der Waals surface area contributed by atoms with Gasteiger partial charge in [-0.25, -0.2) is 14.3 Å². The highest BCUT2D eigenvalue weighted by atomic mass is 35.5. The van der Waals surface area contributed by atoms with Gasteiger partial charge in [0.15, 0.2) is 5.65 Å². The average molecular weight is 459 g/mol. The maximum absolute atomic E-state index is 12.7. The van der Waals surface area contributed by atoms with Crippen LogP contribution < -0.4 is 21.2 Å². The molecule has 11 heteroatoms. The van der Waals surface area contributed by atoms with Crippen molar-refractivity contribution in [3.63, 3.8) is 0 Å². The van der Waals surface area contributed by atoms with Gasteiger partial charge < -0.3 is 15.2 Å². The number of aromatic nitrogens is 4. The van der Waals surface area contributed by atoms with Gasteiger partial charge in [0.1, 0.15) is 11.2 Å². The molecule has 4 N–H and O–H groups in total. The smallest absolute Gasteiger partial charge is 0.333 e. The molecular formula is C20H16Cl2N6O3. The number of H-pyrrole nitrogens is 1. The number of nitrogens with zero attached hydrogens (tertiary/aromatic N) is 3. The average Bonchev–Trinajstić information content (AvgIpc) is 2.75. The second-order valence-corrected chi connectivity index (χ2v) is 7.26. The highest BCUT2D eigenvalue weighted by Crippen LogP contribution is 2.27. The zero-order valence-corrected chi connectivity index (χ0v) is 17.6. The lowest BCUT2D eigenvalue weighted by Crippen LogP contribution is -2.34. The number of para-hydroxylation sites is 1. The van der Waals surface area contributed by atoms with Gasteiger partial charge in [-0.3, -0.25) is 10.4 Å². The number of fused-ring (bicyclic) bond motifs is 1. The predicted molar refractivity (Wildman–Crippen MR) is 118 cm³/mol. The van der Waals surface area contributed by atoms with E-state index in [1.165, 1.54) is 13.3 Å². The van der Waals surface area contributed by atoms with E-state index in [1.807, 2.05) is 0 Å². The molecule has 0 spiro atoms. The number of aliphatic hydroxyl groups is 1. The van der Waals surface area contributed by atoms with Gasteiger partial charge in [0.25, 0.3) is 0 Å². The minimum absolute atomic E-state index is 0.160. The molecule has 0 aliphatic rings. The van der Waals surface area contributed by atoms with Crippen LogP contribution in [0, 0.1) is 5.41 Å². The summed E-state index contributed by atoms with van der Waals surface area (Å²) in [5, 5.41) is 21.7. The standard InChI is InChI=1S/C20H16Cl2N6O3/c1-31-15-6-5-11(7-10(15)9-29)25-19-24-8-12-17(23)28(20(30)27-18(12)26-19)16-13(21)3-2-4-14(16)22/h2-8,23,29H,9H2,1H3,(H2,24,25,26,27,30). The predicted octanol–water partition coefficient (Wildman–Crippen LogP) is 3.14. The molecule has 0 fully saturated rings. The third-order valence-electron chi connectivity index (χ3n) is 4.56. The van der Waals surface area contributed by atoms with E-state index in [0.29, 0.717) is 22.4 Å². The molecule has 0 amide bonds. The molecule has 0 saturated heterocycles. The number of rotatable bonds is 5. The van der Waals surface area contributed by atoms with Crippen LogP contribution in [0.4, 0.5) is 11.6 Å². The number of aliphatic hydroxyl groups excluding tert-OH is 1. The van der Waals surface area contributed by atoms with Crippen LogP contribution in [0.15, 0.2) is 47.4 Å². The fourth-order valence-electron chi connectivity index (χ4n) is 3.11. The molecule has 0 aliphatic heterocycles. The lowest BCUT2D eigenvalue weighted by molar-refractivity contribution is 0.274. The number of benzene rings is 2. The third kappa shape index (κ3) is 3.86. The van der Waals surface area contributed by atoms with E-state index in [9.17, 15) is 9.90 Å². The van der Waals surface area contributed by atoms with Gasteiger partial charge in [0.05, 0.1) is 34.8 Å². The Balaban J connectivity index is 1.78. The van der Waals surface area contributed by atoms with E-state index < -0.39 is 5.69 Å². The van der Waals surface area contributed by atoms with E-state index in [4.69, 9.17) is 33.3 Å². The number of ether oxygens (including phenoxy) is 1. The monoisotopic (exact) mass is 458 g/mol. The van der Waals surface area contributed by atoms with Crippen molar-refractivity contribution >= 4 is 45.9 Å². The Kier molecular flexibility index (Phi) is 5.64. The summed E-state index contributed by atoms with van der Waals surface area (Å²) in [6, 6.07) is 9.95. The minimum Gasteiger partial charge on any atom is -0.496 e. The first kappa shape index (κ1) is 20.9. The van der Waals surface area contributed by atoms with Crippen molar-refractivity contribution in [1.82, 2.24) is 19.5 Å². The minimum atomic E-state index is -0.621. The van der Waals surface area contributed by atoms with E-state index in [-0.39, 0.29) is 39.4 Å². The van der Waals surface area contributed by atoms with Crippen molar-refractivity contribution in [2.45, 2.75) is 6.61 Å². The van der Waals surface area contributed by atoms with E-state index in [1.54, 1.807) is 36.4 Å². The van der Waals surface area contributed by atoms with Gasteiger partial charge in [-0.05, 0) is 30.3 Å². The first-order chi connectivity index (χ1) is 14.9. The molecular weight excluding hydrogens is 443 g/mol. The summed E-state index contributed by atoms with van der Waals surface area (Å²) in [5.41, 5.74) is 0.800. The van der Waals surface area contributed by atoms with Gasteiger partial charge >= 0.3 is 5.69 Å². The van der Waals surface area contributed by atoms with Crippen LogP contribution in [-0.4, -0.2) is 31.7 Å². The summed E-state index contributed by atoms with van der Waals surface area (Å²) < 4.78 is 6.26. The SMILES string of the molecule is COc1ccc(Nc2ncc3c(=N)n(-c4c(Cl)cccc4Cl)c(=O)[nH]c3n2)cc1CO. The summed E-state index contributed by atoms with van der Waals surface area (Å²) in [5.74, 6) is 0.753. The number of hydrogen-bond donors (Lipinski definition) is 4. The molecule has 4 rings (SSSR count). The van der Waals surface area contributed by atoms with Crippen LogP contribution in [-0.2, 0) is 6.61 Å². The molecule has 2 aromatic heterocycles. The summed E-state index contributed by atoms with van der Waals surface area (Å²) in [6.07, 6.45) is 1.42. The van der Waals surface area contributed by atoms with E-state index >= 15 is 0 Å². The normalized spacial score (nSPS) is 11.0. The molecule has 4 aromatic rings. The van der Waals surface area contributed by atoms with Crippen molar-refractivity contribution in [1.29, 1.82) is 5.41 Å². The van der Waals surface area contributed by atoms with Gasteiger partial charge in [0.2, 0.25) is 5.95 Å². The van der Waals surface area contributed by atoms with Crippen molar-refractivity contribution < 1.29 is 9.84 Å². The fraction of sp³-hybridized carbons (Fsp3) is 0.100. The second-order valence-electron chi connectivity index (χ2n) is 6.45. The van der Waals surface area contributed by atoms with Crippen LogP contribution in [0.2, 0.25) is 10.0 Å². The number of halogens is 2. The lowest BCUT2D eigenvalue weighted by atomic mass is 10.2. The zero-order chi connectivity index (χ0) is 22.1. The maximum atomic E-state index is 12.7. The molecule has 0 radical (unpaired) electrons. The summed E-state index contributed by atoms with van der Waals surface area (Å²) in [6.45, 7) is -0.197. The Hall–Kier alpha value is -3.40. The van der Waals surface area contributed by atoms with Crippen molar-refractivity contribution in [3.05, 3.63) is 74.2 Å². The molecule has 0 atom stereocenters. The Morgan fingerprint density at radius 1 is 1.26 bits per heavy atom. The summed E-state index contributed by atoms with van der Waals surface area (Å²) >= 11 is 12.4. The zero-order valence-electron chi connectivity index (χ0n) is 16.1. The highest BCUT2D eigenvalue weighted by Gasteiger charge is 2.15. The third-order valence-corrected chi connectivity index (χ3v) is 5.17. The Morgan fingerprint density at radius 2 is 2.00 bits per heavy atom. The van der Waals surface area contributed by atoms with Gasteiger partial charge in [0, 0.05) is 17.4 Å². The molecule has 9 nitrogen and oxygen atoms in total. The first-order valence-electron chi connectivity index (χ1n) is 8.98. The fourth-order valence-corrected chi connectivity index (χ4v) is 3.68. The molecule has 2 aromatic carbocycles. The number of nitrogens with one attached hydrogen (secondary N) is 3. The molecule has 0 unspecified atom stereocenters. The highest BCUT2D eigenvalue weighted by molar-refractivity contribution is 6.37. The van der Waals surface area contributed by atoms with Crippen LogP contribution in [0.25, 0.3) is 16.7 Å². The quantitative estimate of drug-likeness (QED) is 0.363. The largest absolute Gasteiger partial charge is 0.496 e. The van der Waals surface area contributed by atoms with Gasteiger partial charge in [-0.1, -0.05) is 29.3 Å². The molecule has 0 saturated carbocycles. The van der Waals surface area contributed by atoms with Crippen molar-refractivity contribution in [2.75, 3.05) is 12.4 Å². The first-order valence-corrected chi connectivity index (χ1v) is 9.74. The van der Waals surface area contributed by atoms with Crippen molar-refractivity contribution in [3.8, 4) is 11.4 Å². The van der Waals surface area contributed by atoms with Gasteiger partial charge in [-0.15, -0.1) is 0 Å². The lowest BCUT2D eigenvalue weighted by Gasteiger charge is -2.12. The van der Waals surface area contributed by atoms with Gasteiger partial charge in [-0.2, -0.15) is 4.98 Å². The Bertz CT molecular complexity index is 1400. The Morgan fingerprint density at radius 3 is 2.68 bits per heavy atom. The molecule has 0 bridgehead atoms. The summed E-state index contributed by atoms with van der Waals surface area (Å²) in [7, 11) is 1.52. The summed E-state index contributed by atoms with van der Waals surface area (Å²) in [4.78, 5) is 23.9. The molecule has 31 heavy (non-hydrogen) atoms. The van der Waals surface area contributed by atoms with Crippen LogP contribution in [0.1, 0.15) is 5.56 Å². The topological polar surface area (TPSA) is 129 Å². The second kappa shape index (κ2) is 8.38. The number of methoxy groups -OCH3 is 1. The Labute approximate surface area is 185 Å². The number of anilines is 2. The van der Waals surface area contributed by atoms with Crippen LogP contribution in [0.3, 0.4) is 0 Å². The number of aromatic amines is 1.